The fourth-order valence-electron chi connectivity index (χ4n) is 1.48. The molecule has 0 saturated heterocycles. The molecule has 2 rings (SSSR count). The first-order valence-electron chi connectivity index (χ1n) is 5.21. The van der Waals surface area contributed by atoms with Crippen LogP contribution in [0.5, 0.6) is 11.5 Å². The van der Waals surface area contributed by atoms with Crippen LogP contribution in [0.4, 0.5) is 0 Å². The van der Waals surface area contributed by atoms with Gasteiger partial charge in [0.2, 0.25) is 0 Å². The van der Waals surface area contributed by atoms with Gasteiger partial charge in [0.15, 0.2) is 0 Å². The molecule has 0 radical (unpaired) electrons. The summed E-state index contributed by atoms with van der Waals surface area (Å²) in [7, 11) is 1.59. The standard InChI is InChI=1S/C13H13NO3/c1-9-12(7-8-14-9)13(15)17-11-5-3-10(16-2)4-6-11/h3-8,14H,1-2H3. The normalized spacial score (nSPS) is 10.0. The molecule has 1 aromatic heterocycles. The van der Waals surface area contributed by atoms with Crippen LogP contribution in [0.3, 0.4) is 0 Å². The van der Waals surface area contributed by atoms with E-state index in [9.17, 15) is 4.79 Å². The molecule has 0 fully saturated rings. The maximum atomic E-state index is 11.8. The molecule has 0 spiro atoms. The Balaban J connectivity index is 2.10. The van der Waals surface area contributed by atoms with E-state index < -0.39 is 0 Å². The predicted octanol–water partition coefficient (Wildman–Crippen LogP) is 2.55. The molecule has 0 aliphatic heterocycles. The first-order valence-corrected chi connectivity index (χ1v) is 5.21. The van der Waals surface area contributed by atoms with Crippen molar-refractivity contribution in [1.82, 2.24) is 4.98 Å². The van der Waals surface area contributed by atoms with Crippen molar-refractivity contribution in [3.05, 3.63) is 47.8 Å². The Labute approximate surface area is 99.2 Å². The monoisotopic (exact) mass is 231 g/mol. The van der Waals surface area contributed by atoms with E-state index in [1.54, 1.807) is 43.6 Å². The maximum Gasteiger partial charge on any atom is 0.345 e. The zero-order valence-corrected chi connectivity index (χ0v) is 9.69. The minimum Gasteiger partial charge on any atom is -0.497 e. The van der Waals surface area contributed by atoms with Crippen molar-refractivity contribution in [3.63, 3.8) is 0 Å². The third-order valence-corrected chi connectivity index (χ3v) is 2.44. The molecule has 0 amide bonds. The smallest absolute Gasteiger partial charge is 0.345 e. The average molecular weight is 231 g/mol. The Hall–Kier alpha value is -2.23. The van der Waals surface area contributed by atoms with E-state index in [0.717, 1.165) is 11.4 Å². The molecule has 17 heavy (non-hydrogen) atoms. The molecule has 4 nitrogen and oxygen atoms in total. The number of rotatable bonds is 3. The van der Waals surface area contributed by atoms with Gasteiger partial charge in [0.25, 0.3) is 0 Å². The zero-order chi connectivity index (χ0) is 12.3. The Morgan fingerprint density at radius 1 is 1.12 bits per heavy atom. The van der Waals surface area contributed by atoms with Crippen LogP contribution in [0.2, 0.25) is 0 Å². The van der Waals surface area contributed by atoms with Crippen LogP contribution in [0, 0.1) is 6.92 Å². The number of aromatic amines is 1. The Kier molecular flexibility index (Phi) is 3.14. The summed E-state index contributed by atoms with van der Waals surface area (Å²) < 4.78 is 10.2. The van der Waals surface area contributed by atoms with Gasteiger partial charge in [-0.25, -0.2) is 4.79 Å². The number of carbonyl (C=O) groups excluding carboxylic acids is 1. The first-order chi connectivity index (χ1) is 8.20. The number of H-pyrrole nitrogens is 1. The van der Waals surface area contributed by atoms with Gasteiger partial charge in [0.1, 0.15) is 11.5 Å². The number of hydrogen-bond donors (Lipinski definition) is 1. The van der Waals surface area contributed by atoms with Crippen LogP contribution < -0.4 is 9.47 Å². The van der Waals surface area contributed by atoms with Crippen molar-refractivity contribution in [2.45, 2.75) is 6.92 Å². The highest BCUT2D eigenvalue weighted by Gasteiger charge is 2.11. The highest BCUT2D eigenvalue weighted by Crippen LogP contribution is 2.18. The minimum atomic E-state index is -0.367. The number of hydrogen-bond acceptors (Lipinski definition) is 3. The minimum absolute atomic E-state index is 0.367. The molecule has 0 unspecified atom stereocenters. The summed E-state index contributed by atoms with van der Waals surface area (Å²) in [4.78, 5) is 14.7. The second-order valence-corrected chi connectivity index (χ2v) is 3.58. The van der Waals surface area contributed by atoms with E-state index in [1.165, 1.54) is 0 Å². The maximum absolute atomic E-state index is 11.8. The molecule has 1 aromatic carbocycles. The van der Waals surface area contributed by atoms with Gasteiger partial charge in [-0.05, 0) is 37.3 Å². The van der Waals surface area contributed by atoms with Gasteiger partial charge in [0.05, 0.1) is 12.7 Å². The Morgan fingerprint density at radius 3 is 2.29 bits per heavy atom. The highest BCUT2D eigenvalue weighted by atomic mass is 16.5. The number of nitrogens with one attached hydrogen (secondary N) is 1. The van der Waals surface area contributed by atoms with Crippen LogP contribution in [-0.4, -0.2) is 18.1 Å². The van der Waals surface area contributed by atoms with Crippen LogP contribution in [-0.2, 0) is 0 Å². The highest BCUT2D eigenvalue weighted by molar-refractivity contribution is 5.92. The number of esters is 1. The summed E-state index contributed by atoms with van der Waals surface area (Å²) in [6.07, 6.45) is 1.71. The van der Waals surface area contributed by atoms with Gasteiger partial charge in [-0.3, -0.25) is 0 Å². The van der Waals surface area contributed by atoms with Crippen molar-refractivity contribution in [2.24, 2.45) is 0 Å². The number of methoxy groups -OCH3 is 1. The number of carbonyl (C=O) groups is 1. The molecular weight excluding hydrogens is 218 g/mol. The van der Waals surface area contributed by atoms with E-state index in [-0.39, 0.29) is 5.97 Å². The van der Waals surface area contributed by atoms with Crippen LogP contribution in [0.1, 0.15) is 16.1 Å². The largest absolute Gasteiger partial charge is 0.497 e. The SMILES string of the molecule is COc1ccc(OC(=O)c2cc[nH]c2C)cc1. The number of aryl methyl sites for hydroxylation is 1. The van der Waals surface area contributed by atoms with E-state index in [1.807, 2.05) is 6.92 Å². The van der Waals surface area contributed by atoms with Crippen molar-refractivity contribution in [1.29, 1.82) is 0 Å². The Morgan fingerprint density at radius 2 is 1.76 bits per heavy atom. The predicted molar refractivity (Wildman–Crippen MR) is 63.5 cm³/mol. The Bertz CT molecular complexity index is 514. The molecule has 1 heterocycles. The summed E-state index contributed by atoms with van der Waals surface area (Å²) in [5, 5.41) is 0. The molecular formula is C13H13NO3. The van der Waals surface area contributed by atoms with Crippen molar-refractivity contribution < 1.29 is 14.3 Å². The van der Waals surface area contributed by atoms with Gasteiger partial charge < -0.3 is 14.5 Å². The average Bonchev–Trinajstić information content (AvgIpc) is 2.76. The molecule has 0 aliphatic carbocycles. The lowest BCUT2D eigenvalue weighted by Gasteiger charge is -2.04. The van der Waals surface area contributed by atoms with E-state index in [4.69, 9.17) is 9.47 Å². The van der Waals surface area contributed by atoms with E-state index >= 15 is 0 Å². The van der Waals surface area contributed by atoms with Crippen LogP contribution in [0.15, 0.2) is 36.5 Å². The third kappa shape index (κ3) is 2.47. The second kappa shape index (κ2) is 4.74. The molecule has 4 heteroatoms. The second-order valence-electron chi connectivity index (χ2n) is 3.58. The molecule has 1 N–H and O–H groups in total. The lowest BCUT2D eigenvalue weighted by atomic mass is 10.2. The van der Waals surface area contributed by atoms with Crippen molar-refractivity contribution in [3.8, 4) is 11.5 Å². The quantitative estimate of drug-likeness (QED) is 0.652. The first kappa shape index (κ1) is 11.3. The molecule has 0 atom stereocenters. The zero-order valence-electron chi connectivity index (χ0n) is 9.69. The fourth-order valence-corrected chi connectivity index (χ4v) is 1.48. The van der Waals surface area contributed by atoms with Gasteiger partial charge in [-0.1, -0.05) is 0 Å². The topological polar surface area (TPSA) is 51.3 Å². The van der Waals surface area contributed by atoms with Crippen LogP contribution in [0.25, 0.3) is 0 Å². The molecule has 2 aromatic rings. The van der Waals surface area contributed by atoms with E-state index in [2.05, 4.69) is 4.98 Å². The summed E-state index contributed by atoms with van der Waals surface area (Å²) >= 11 is 0. The number of ether oxygens (including phenoxy) is 2. The van der Waals surface area contributed by atoms with Gasteiger partial charge in [-0.15, -0.1) is 0 Å². The lowest BCUT2D eigenvalue weighted by molar-refractivity contribution is 0.0734. The number of benzene rings is 1. The molecule has 0 aliphatic rings. The number of aromatic nitrogens is 1. The van der Waals surface area contributed by atoms with Gasteiger partial charge in [-0.2, -0.15) is 0 Å². The summed E-state index contributed by atoms with van der Waals surface area (Å²) in [5.74, 6) is 0.855. The third-order valence-electron chi connectivity index (χ3n) is 2.44. The molecule has 0 saturated carbocycles. The van der Waals surface area contributed by atoms with Crippen LogP contribution >= 0.6 is 0 Å². The van der Waals surface area contributed by atoms with Crippen molar-refractivity contribution in [2.75, 3.05) is 7.11 Å². The summed E-state index contributed by atoms with van der Waals surface area (Å²) in [6, 6.07) is 8.57. The molecule has 88 valence electrons. The van der Waals surface area contributed by atoms with Gasteiger partial charge in [0, 0.05) is 11.9 Å². The van der Waals surface area contributed by atoms with Crippen molar-refractivity contribution >= 4 is 5.97 Å². The van der Waals surface area contributed by atoms with E-state index in [0.29, 0.717) is 11.3 Å². The lowest BCUT2D eigenvalue weighted by Crippen LogP contribution is -2.08. The fraction of sp³-hybridized carbons (Fsp3) is 0.154. The molecule has 0 bridgehead atoms. The van der Waals surface area contributed by atoms with Gasteiger partial charge >= 0.3 is 5.97 Å². The summed E-state index contributed by atoms with van der Waals surface area (Å²) in [5.41, 5.74) is 1.34. The summed E-state index contributed by atoms with van der Waals surface area (Å²) in [6.45, 7) is 1.82.